The largest absolute Gasteiger partial charge is 0.351 e. The minimum Gasteiger partial charge on any atom is -0.351 e. The molecule has 0 saturated heterocycles. The molecule has 1 saturated carbocycles. The Morgan fingerprint density at radius 2 is 2.24 bits per heavy atom. The van der Waals surface area contributed by atoms with Gasteiger partial charge >= 0.3 is 0 Å². The van der Waals surface area contributed by atoms with Gasteiger partial charge in [0.15, 0.2) is 0 Å². The van der Waals surface area contributed by atoms with Crippen LogP contribution >= 0.6 is 45.8 Å². The minimum atomic E-state index is -0.116. The summed E-state index contributed by atoms with van der Waals surface area (Å²) in [6.07, 6.45) is 2.36. The summed E-state index contributed by atoms with van der Waals surface area (Å²) in [6, 6.07) is 5.28. The van der Waals surface area contributed by atoms with Crippen LogP contribution in [0.5, 0.6) is 0 Å². The number of hydrogen-bond acceptors (Lipinski definition) is 1. The number of benzene rings is 1. The van der Waals surface area contributed by atoms with Gasteiger partial charge in [0.2, 0.25) is 0 Å². The summed E-state index contributed by atoms with van der Waals surface area (Å²) in [5.41, 5.74) is 0.579. The van der Waals surface area contributed by atoms with Crippen LogP contribution in [0.15, 0.2) is 18.2 Å². The molecular weight excluding hydrogens is 372 g/mol. The van der Waals surface area contributed by atoms with Gasteiger partial charge in [-0.2, -0.15) is 0 Å². The number of alkyl halides is 1. The molecule has 1 amide bonds. The van der Waals surface area contributed by atoms with E-state index in [9.17, 15) is 4.79 Å². The Labute approximate surface area is 124 Å². The first-order valence-corrected chi connectivity index (χ1v) is 7.34. The number of rotatable bonds is 4. The van der Waals surface area contributed by atoms with E-state index in [2.05, 4.69) is 27.9 Å². The van der Waals surface area contributed by atoms with Crippen LogP contribution in [0.1, 0.15) is 23.2 Å². The highest BCUT2D eigenvalue weighted by Crippen LogP contribution is 2.35. The van der Waals surface area contributed by atoms with Gasteiger partial charge in [-0.1, -0.05) is 11.6 Å². The fraction of sp³-hybridized carbons (Fsp3) is 0.417. The van der Waals surface area contributed by atoms with E-state index < -0.39 is 0 Å². The molecule has 1 N–H and O–H groups in total. The van der Waals surface area contributed by atoms with Crippen molar-refractivity contribution in [3.05, 3.63) is 32.4 Å². The van der Waals surface area contributed by atoms with Crippen molar-refractivity contribution < 1.29 is 4.79 Å². The summed E-state index contributed by atoms with van der Waals surface area (Å²) >= 11 is 14.2. The Bertz CT molecular complexity index is 435. The zero-order valence-corrected chi connectivity index (χ0v) is 12.7. The molecule has 17 heavy (non-hydrogen) atoms. The standard InChI is InChI=1S/C12H12Cl2INO/c13-9-5-8(3-4-11(9)15)12(17)16-6-10(14)7-1-2-7/h3-5,7,10H,1-2,6H2,(H,16,17). The van der Waals surface area contributed by atoms with Crippen molar-refractivity contribution in [3.63, 3.8) is 0 Å². The summed E-state index contributed by atoms with van der Waals surface area (Å²) in [5.74, 6) is 0.465. The summed E-state index contributed by atoms with van der Waals surface area (Å²) < 4.78 is 0.939. The van der Waals surface area contributed by atoms with Crippen molar-refractivity contribution >= 4 is 51.7 Å². The van der Waals surface area contributed by atoms with Gasteiger partial charge in [-0.25, -0.2) is 0 Å². The molecular formula is C12H12Cl2INO. The van der Waals surface area contributed by atoms with Gasteiger partial charge < -0.3 is 5.32 Å². The first-order valence-electron chi connectivity index (χ1n) is 5.45. The fourth-order valence-corrected chi connectivity index (χ4v) is 2.40. The van der Waals surface area contributed by atoms with Gasteiger partial charge in [0.25, 0.3) is 5.91 Å². The third kappa shape index (κ3) is 3.73. The predicted molar refractivity (Wildman–Crippen MR) is 78.9 cm³/mol. The Balaban J connectivity index is 1.92. The van der Waals surface area contributed by atoms with Gasteiger partial charge in [0, 0.05) is 15.7 Å². The zero-order chi connectivity index (χ0) is 12.4. The number of nitrogens with one attached hydrogen (secondary N) is 1. The molecule has 0 heterocycles. The lowest BCUT2D eigenvalue weighted by Gasteiger charge is -2.10. The lowest BCUT2D eigenvalue weighted by molar-refractivity contribution is 0.0953. The molecule has 2 rings (SSSR count). The van der Waals surface area contributed by atoms with Crippen LogP contribution in [0.3, 0.4) is 0 Å². The van der Waals surface area contributed by atoms with Crippen molar-refractivity contribution in [2.75, 3.05) is 6.54 Å². The maximum atomic E-state index is 11.8. The zero-order valence-electron chi connectivity index (χ0n) is 9.05. The Morgan fingerprint density at radius 1 is 1.53 bits per heavy atom. The molecule has 1 aromatic carbocycles. The first kappa shape index (κ1) is 13.4. The van der Waals surface area contributed by atoms with Crippen LogP contribution < -0.4 is 5.32 Å². The maximum Gasteiger partial charge on any atom is 0.251 e. The van der Waals surface area contributed by atoms with E-state index in [4.69, 9.17) is 23.2 Å². The third-order valence-electron chi connectivity index (χ3n) is 2.77. The van der Waals surface area contributed by atoms with Crippen LogP contribution in [0.4, 0.5) is 0 Å². The number of amides is 1. The smallest absolute Gasteiger partial charge is 0.251 e. The molecule has 1 fully saturated rings. The van der Waals surface area contributed by atoms with Crippen LogP contribution in [-0.4, -0.2) is 17.8 Å². The van der Waals surface area contributed by atoms with Gasteiger partial charge in [-0.3, -0.25) is 4.79 Å². The number of carbonyl (C=O) groups excluding carboxylic acids is 1. The summed E-state index contributed by atoms with van der Waals surface area (Å²) in [5, 5.41) is 3.49. The van der Waals surface area contributed by atoms with Gasteiger partial charge in [-0.05, 0) is 59.5 Å². The Morgan fingerprint density at radius 3 is 2.82 bits per heavy atom. The first-order chi connectivity index (χ1) is 8.08. The second-order valence-electron chi connectivity index (χ2n) is 4.19. The third-order valence-corrected chi connectivity index (χ3v) is 4.86. The van der Waals surface area contributed by atoms with E-state index in [1.807, 2.05) is 6.07 Å². The molecule has 1 aliphatic rings. The normalized spacial score (nSPS) is 16.6. The second-order valence-corrected chi connectivity index (χ2v) is 6.32. The quantitative estimate of drug-likeness (QED) is 0.623. The fourth-order valence-electron chi connectivity index (χ4n) is 1.55. The Hall–Kier alpha value is -0.0000000000000000555. The molecule has 1 unspecified atom stereocenters. The molecule has 92 valence electrons. The van der Waals surface area contributed by atoms with Crippen molar-refractivity contribution in [2.45, 2.75) is 18.2 Å². The monoisotopic (exact) mass is 383 g/mol. The Kier molecular flexibility index (Phi) is 4.55. The van der Waals surface area contributed by atoms with Gasteiger partial charge in [0.05, 0.1) is 10.4 Å². The minimum absolute atomic E-state index is 0.0540. The second kappa shape index (κ2) is 5.76. The van der Waals surface area contributed by atoms with Crippen molar-refractivity contribution in [3.8, 4) is 0 Å². The number of hydrogen-bond donors (Lipinski definition) is 1. The molecule has 0 radical (unpaired) electrons. The van der Waals surface area contributed by atoms with E-state index >= 15 is 0 Å². The van der Waals surface area contributed by atoms with E-state index in [1.54, 1.807) is 12.1 Å². The number of carbonyl (C=O) groups is 1. The highest BCUT2D eigenvalue weighted by atomic mass is 127. The van der Waals surface area contributed by atoms with Crippen molar-refractivity contribution in [2.24, 2.45) is 5.92 Å². The molecule has 1 aromatic rings. The van der Waals surface area contributed by atoms with Crippen LogP contribution in [0, 0.1) is 9.49 Å². The predicted octanol–water partition coefficient (Wildman–Crippen LogP) is 3.69. The lowest BCUT2D eigenvalue weighted by Crippen LogP contribution is -2.30. The highest BCUT2D eigenvalue weighted by molar-refractivity contribution is 14.1. The molecule has 0 spiro atoms. The summed E-state index contributed by atoms with van der Waals surface area (Å²) in [6.45, 7) is 0.522. The van der Waals surface area contributed by atoms with Gasteiger partial charge in [0.1, 0.15) is 0 Å². The maximum absolute atomic E-state index is 11.8. The lowest BCUT2D eigenvalue weighted by atomic mass is 10.2. The molecule has 1 atom stereocenters. The van der Waals surface area contributed by atoms with E-state index in [0.29, 0.717) is 23.0 Å². The molecule has 2 nitrogen and oxygen atoms in total. The van der Waals surface area contributed by atoms with Crippen molar-refractivity contribution in [1.29, 1.82) is 0 Å². The average molecular weight is 384 g/mol. The van der Waals surface area contributed by atoms with Gasteiger partial charge in [-0.15, -0.1) is 11.6 Å². The molecule has 5 heteroatoms. The summed E-state index contributed by atoms with van der Waals surface area (Å²) in [4.78, 5) is 11.8. The molecule has 1 aliphatic carbocycles. The van der Waals surface area contributed by atoms with E-state index in [1.165, 1.54) is 12.8 Å². The molecule has 0 bridgehead atoms. The number of halogens is 3. The van der Waals surface area contributed by atoms with Crippen LogP contribution in [0.25, 0.3) is 0 Å². The summed E-state index contributed by atoms with van der Waals surface area (Å²) in [7, 11) is 0. The van der Waals surface area contributed by atoms with E-state index in [-0.39, 0.29) is 11.3 Å². The van der Waals surface area contributed by atoms with Crippen LogP contribution in [-0.2, 0) is 0 Å². The average Bonchev–Trinajstić information content (AvgIpc) is 3.13. The van der Waals surface area contributed by atoms with Crippen LogP contribution in [0.2, 0.25) is 5.02 Å². The SMILES string of the molecule is O=C(NCC(Cl)C1CC1)c1ccc(I)c(Cl)c1. The molecule has 0 aromatic heterocycles. The van der Waals surface area contributed by atoms with E-state index in [0.717, 1.165) is 3.57 Å². The topological polar surface area (TPSA) is 29.1 Å². The molecule has 0 aliphatic heterocycles. The van der Waals surface area contributed by atoms with Crippen molar-refractivity contribution in [1.82, 2.24) is 5.32 Å². The highest BCUT2D eigenvalue weighted by Gasteiger charge is 2.29.